The van der Waals surface area contributed by atoms with Crippen molar-refractivity contribution in [3.8, 4) is 17.2 Å². The largest absolute Gasteiger partial charge is 0.486 e. The molecule has 0 saturated carbocycles. The van der Waals surface area contributed by atoms with Crippen LogP contribution in [-0.2, 0) is 11.2 Å². The molecular formula is C25H24N4O3S2. The molecule has 1 aliphatic rings. The van der Waals surface area contributed by atoms with Crippen molar-refractivity contribution in [2.75, 3.05) is 19.0 Å². The second-order valence-corrected chi connectivity index (χ2v) is 9.78. The first kappa shape index (κ1) is 22.5. The Labute approximate surface area is 206 Å². The lowest BCUT2D eigenvalue weighted by Gasteiger charge is -2.21. The molecule has 0 spiro atoms. The zero-order valence-electron chi connectivity index (χ0n) is 18.6. The molecular weight excluding hydrogens is 468 g/mol. The van der Waals surface area contributed by atoms with Crippen LogP contribution in [0.2, 0.25) is 0 Å². The van der Waals surface area contributed by atoms with Gasteiger partial charge in [0.05, 0.1) is 11.8 Å². The van der Waals surface area contributed by atoms with Gasteiger partial charge in [0, 0.05) is 17.0 Å². The number of nitrogens with zero attached hydrogens (tertiary/aromatic N) is 3. The van der Waals surface area contributed by atoms with Crippen LogP contribution in [-0.4, -0.2) is 39.6 Å². The number of benzene rings is 2. The molecule has 0 aliphatic carbocycles. The lowest BCUT2D eigenvalue weighted by Crippen LogP contribution is -2.28. The predicted molar refractivity (Wildman–Crippen MR) is 133 cm³/mol. The van der Waals surface area contributed by atoms with E-state index in [1.807, 2.05) is 66.1 Å². The summed E-state index contributed by atoms with van der Waals surface area (Å²) in [7, 11) is 0. The van der Waals surface area contributed by atoms with Gasteiger partial charge in [-0.25, -0.2) is 0 Å². The van der Waals surface area contributed by atoms with Gasteiger partial charge < -0.3 is 14.8 Å². The van der Waals surface area contributed by atoms with Crippen molar-refractivity contribution in [2.24, 2.45) is 0 Å². The first-order chi connectivity index (χ1) is 16.7. The van der Waals surface area contributed by atoms with Crippen LogP contribution in [0.4, 0.5) is 0 Å². The maximum absolute atomic E-state index is 12.8. The average Bonchev–Trinajstić information content (AvgIpc) is 3.53. The van der Waals surface area contributed by atoms with Gasteiger partial charge in [-0.3, -0.25) is 9.36 Å². The Morgan fingerprint density at radius 2 is 1.91 bits per heavy atom. The fourth-order valence-corrected chi connectivity index (χ4v) is 5.22. The maximum Gasteiger partial charge on any atom is 0.230 e. The van der Waals surface area contributed by atoms with E-state index >= 15 is 0 Å². The Morgan fingerprint density at radius 3 is 2.71 bits per heavy atom. The van der Waals surface area contributed by atoms with Gasteiger partial charge in [0.25, 0.3) is 0 Å². The number of amides is 1. The Kier molecular flexibility index (Phi) is 6.82. The number of fused-ring (bicyclic) bond motifs is 1. The van der Waals surface area contributed by atoms with Crippen molar-refractivity contribution < 1.29 is 14.3 Å². The highest BCUT2D eigenvalue weighted by molar-refractivity contribution is 7.99. The molecule has 0 unspecified atom stereocenters. The summed E-state index contributed by atoms with van der Waals surface area (Å²) in [6.07, 6.45) is 0.688. The summed E-state index contributed by atoms with van der Waals surface area (Å²) in [5.74, 6) is 2.46. The summed E-state index contributed by atoms with van der Waals surface area (Å²) in [5, 5.41) is 14.7. The average molecular weight is 493 g/mol. The van der Waals surface area contributed by atoms with E-state index < -0.39 is 0 Å². The topological polar surface area (TPSA) is 78.3 Å². The molecule has 3 heterocycles. The van der Waals surface area contributed by atoms with E-state index in [1.54, 1.807) is 11.3 Å². The molecule has 5 rings (SSSR count). The number of thiophene rings is 1. The second-order valence-electron chi connectivity index (χ2n) is 7.81. The Hall–Kier alpha value is -3.30. The number of nitrogens with one attached hydrogen (secondary N) is 1. The van der Waals surface area contributed by atoms with Crippen LogP contribution in [0.1, 0.15) is 29.2 Å². The highest BCUT2D eigenvalue weighted by Crippen LogP contribution is 2.32. The molecule has 34 heavy (non-hydrogen) atoms. The quantitative estimate of drug-likeness (QED) is 0.361. The molecule has 2 aromatic carbocycles. The first-order valence-corrected chi connectivity index (χ1v) is 12.9. The van der Waals surface area contributed by atoms with Crippen molar-refractivity contribution in [1.29, 1.82) is 0 Å². The lowest BCUT2D eigenvalue weighted by atomic mass is 10.1. The van der Waals surface area contributed by atoms with Crippen LogP contribution in [0.25, 0.3) is 5.69 Å². The van der Waals surface area contributed by atoms with Crippen LogP contribution in [0.3, 0.4) is 0 Å². The minimum Gasteiger partial charge on any atom is -0.486 e. The van der Waals surface area contributed by atoms with Crippen LogP contribution < -0.4 is 14.8 Å². The molecule has 2 aromatic heterocycles. The number of carbonyl (C=O) groups is 1. The summed E-state index contributed by atoms with van der Waals surface area (Å²) < 4.78 is 13.3. The van der Waals surface area contributed by atoms with Gasteiger partial charge in [0.1, 0.15) is 19.0 Å². The van der Waals surface area contributed by atoms with Crippen LogP contribution in [0, 0.1) is 0 Å². The first-order valence-electron chi connectivity index (χ1n) is 11.0. The van der Waals surface area contributed by atoms with E-state index in [0.717, 1.165) is 22.8 Å². The van der Waals surface area contributed by atoms with Gasteiger partial charge in [-0.2, -0.15) is 0 Å². The van der Waals surface area contributed by atoms with Crippen LogP contribution in [0.5, 0.6) is 11.5 Å². The van der Waals surface area contributed by atoms with E-state index in [1.165, 1.54) is 16.6 Å². The normalized spacial score (nSPS) is 13.4. The number of thioether (sulfide) groups is 1. The monoisotopic (exact) mass is 492 g/mol. The van der Waals surface area contributed by atoms with E-state index in [2.05, 4.69) is 27.0 Å². The van der Waals surface area contributed by atoms with Gasteiger partial charge in [-0.15, -0.1) is 21.5 Å². The lowest BCUT2D eigenvalue weighted by molar-refractivity contribution is -0.119. The zero-order valence-corrected chi connectivity index (χ0v) is 20.3. The number of aromatic nitrogens is 3. The van der Waals surface area contributed by atoms with Crippen molar-refractivity contribution in [3.63, 3.8) is 0 Å². The third-order valence-corrected chi connectivity index (χ3v) is 7.21. The highest BCUT2D eigenvalue weighted by Gasteiger charge is 2.19. The molecule has 0 fully saturated rings. The molecule has 7 nitrogen and oxygen atoms in total. The number of para-hydroxylation sites is 1. The summed E-state index contributed by atoms with van der Waals surface area (Å²) >= 11 is 3.07. The Bertz CT molecular complexity index is 1260. The molecule has 0 bridgehead atoms. The van der Waals surface area contributed by atoms with Crippen molar-refractivity contribution in [2.45, 2.75) is 24.5 Å². The minimum absolute atomic E-state index is 0.0743. The third kappa shape index (κ3) is 5.10. The third-order valence-electron chi connectivity index (χ3n) is 5.40. The van der Waals surface area contributed by atoms with E-state index in [9.17, 15) is 4.79 Å². The van der Waals surface area contributed by atoms with Crippen molar-refractivity contribution in [1.82, 2.24) is 20.1 Å². The zero-order chi connectivity index (χ0) is 23.3. The minimum atomic E-state index is -0.162. The van der Waals surface area contributed by atoms with Crippen molar-refractivity contribution >= 4 is 29.0 Å². The van der Waals surface area contributed by atoms with Crippen molar-refractivity contribution in [3.05, 3.63) is 82.3 Å². The predicted octanol–water partition coefficient (Wildman–Crippen LogP) is 4.66. The van der Waals surface area contributed by atoms with Gasteiger partial charge in [0.2, 0.25) is 5.91 Å². The fraction of sp³-hybridized carbons (Fsp3) is 0.240. The molecule has 1 amide bonds. The number of hydrogen-bond acceptors (Lipinski definition) is 7. The van der Waals surface area contributed by atoms with Gasteiger partial charge in [-0.05, 0) is 48.2 Å². The molecule has 9 heteroatoms. The Morgan fingerprint density at radius 1 is 1.09 bits per heavy atom. The van der Waals surface area contributed by atoms with Crippen LogP contribution in [0.15, 0.2) is 71.2 Å². The van der Waals surface area contributed by atoms with Crippen LogP contribution >= 0.6 is 23.1 Å². The molecule has 1 aliphatic heterocycles. The number of ether oxygens (including phenoxy) is 2. The molecule has 1 atom stereocenters. The number of carbonyl (C=O) groups excluding carboxylic acids is 1. The summed E-state index contributed by atoms with van der Waals surface area (Å²) in [6, 6.07) is 19.7. The number of rotatable bonds is 8. The molecule has 1 N–H and O–H groups in total. The maximum atomic E-state index is 12.8. The molecule has 174 valence electrons. The summed E-state index contributed by atoms with van der Waals surface area (Å²) in [5.41, 5.74) is 1.94. The second kappa shape index (κ2) is 10.3. The standard InChI is InChI=1S/C25H24N4O3S2/c1-17(18-9-10-21-22(14-18)32-12-11-31-21)26-24(30)16-34-25-28-27-23(15-20-8-5-13-33-20)29(25)19-6-3-2-4-7-19/h2-10,13-14,17H,11-12,15-16H2,1H3,(H,26,30)/t17-/m0/s1. The molecule has 0 radical (unpaired) electrons. The Balaban J connectivity index is 1.27. The summed E-state index contributed by atoms with van der Waals surface area (Å²) in [6.45, 7) is 3.04. The molecule has 4 aromatic rings. The van der Waals surface area contributed by atoms with Gasteiger partial charge in [0.15, 0.2) is 16.7 Å². The fourth-order valence-electron chi connectivity index (χ4n) is 3.74. The van der Waals surface area contributed by atoms with E-state index in [0.29, 0.717) is 30.5 Å². The SMILES string of the molecule is C[C@H](NC(=O)CSc1nnc(Cc2cccs2)n1-c1ccccc1)c1ccc2c(c1)OCCO2. The van der Waals surface area contributed by atoms with Gasteiger partial charge in [-0.1, -0.05) is 42.1 Å². The molecule has 0 saturated heterocycles. The smallest absolute Gasteiger partial charge is 0.230 e. The summed E-state index contributed by atoms with van der Waals surface area (Å²) in [4.78, 5) is 14.0. The van der Waals surface area contributed by atoms with E-state index in [-0.39, 0.29) is 17.7 Å². The van der Waals surface area contributed by atoms with E-state index in [4.69, 9.17) is 9.47 Å². The number of hydrogen-bond donors (Lipinski definition) is 1. The highest BCUT2D eigenvalue weighted by atomic mass is 32.2. The van der Waals surface area contributed by atoms with Gasteiger partial charge >= 0.3 is 0 Å².